The SMILES string of the molecule is CCC(CCN)C1CCS1(=O)=O. The number of hydrogen-bond acceptors (Lipinski definition) is 3. The number of hydrogen-bond donors (Lipinski definition) is 1. The fourth-order valence-corrected chi connectivity index (χ4v) is 3.65. The Bertz CT molecular complexity index is 235. The number of nitrogens with two attached hydrogens (primary N) is 1. The van der Waals surface area contributed by atoms with Crippen LogP contribution in [-0.4, -0.2) is 26.0 Å². The van der Waals surface area contributed by atoms with Crippen molar-refractivity contribution in [3.63, 3.8) is 0 Å². The van der Waals surface area contributed by atoms with Crippen LogP contribution in [0.3, 0.4) is 0 Å². The predicted molar refractivity (Wildman–Crippen MR) is 49.6 cm³/mol. The molecule has 12 heavy (non-hydrogen) atoms. The fraction of sp³-hybridized carbons (Fsp3) is 1.00. The molecule has 2 N–H and O–H groups in total. The highest BCUT2D eigenvalue weighted by Gasteiger charge is 2.39. The maximum Gasteiger partial charge on any atom is 0.153 e. The van der Waals surface area contributed by atoms with Crippen molar-refractivity contribution in [3.05, 3.63) is 0 Å². The molecule has 1 aliphatic heterocycles. The van der Waals surface area contributed by atoms with E-state index in [0.29, 0.717) is 18.2 Å². The van der Waals surface area contributed by atoms with Crippen molar-refractivity contribution in [2.24, 2.45) is 11.7 Å². The highest BCUT2D eigenvalue weighted by Crippen LogP contribution is 2.31. The summed E-state index contributed by atoms with van der Waals surface area (Å²) in [5.41, 5.74) is 5.42. The molecule has 0 saturated carbocycles. The summed E-state index contributed by atoms with van der Waals surface area (Å²) < 4.78 is 22.5. The molecule has 72 valence electrons. The van der Waals surface area contributed by atoms with Gasteiger partial charge in [-0.25, -0.2) is 8.42 Å². The summed E-state index contributed by atoms with van der Waals surface area (Å²) in [6, 6.07) is 0. The van der Waals surface area contributed by atoms with E-state index in [4.69, 9.17) is 5.73 Å². The molecule has 1 fully saturated rings. The molecule has 0 aromatic carbocycles. The van der Waals surface area contributed by atoms with Crippen LogP contribution in [-0.2, 0) is 9.84 Å². The Morgan fingerprint density at radius 1 is 1.58 bits per heavy atom. The van der Waals surface area contributed by atoms with Gasteiger partial charge in [-0.05, 0) is 25.3 Å². The van der Waals surface area contributed by atoms with Crippen LogP contribution < -0.4 is 5.73 Å². The molecule has 2 unspecified atom stereocenters. The van der Waals surface area contributed by atoms with E-state index >= 15 is 0 Å². The molecule has 2 atom stereocenters. The van der Waals surface area contributed by atoms with Crippen LogP contribution in [0.1, 0.15) is 26.2 Å². The van der Waals surface area contributed by atoms with Crippen LogP contribution in [0.25, 0.3) is 0 Å². The van der Waals surface area contributed by atoms with Gasteiger partial charge in [0.1, 0.15) is 0 Å². The Hall–Kier alpha value is -0.0900. The highest BCUT2D eigenvalue weighted by atomic mass is 32.2. The Kier molecular flexibility index (Phi) is 3.12. The monoisotopic (exact) mass is 191 g/mol. The lowest BCUT2D eigenvalue weighted by Gasteiger charge is -2.32. The lowest BCUT2D eigenvalue weighted by atomic mass is 9.96. The zero-order valence-electron chi connectivity index (χ0n) is 7.49. The maximum atomic E-state index is 11.3. The van der Waals surface area contributed by atoms with E-state index in [1.54, 1.807) is 0 Å². The van der Waals surface area contributed by atoms with Crippen molar-refractivity contribution in [2.45, 2.75) is 31.4 Å². The average Bonchev–Trinajstić information content (AvgIpc) is 2.02. The summed E-state index contributed by atoms with van der Waals surface area (Å²) in [5, 5.41) is -0.0777. The molecule has 4 heteroatoms. The van der Waals surface area contributed by atoms with Crippen LogP contribution in [0, 0.1) is 5.92 Å². The van der Waals surface area contributed by atoms with Gasteiger partial charge < -0.3 is 5.73 Å². The first-order chi connectivity index (χ1) is 5.61. The van der Waals surface area contributed by atoms with E-state index in [9.17, 15) is 8.42 Å². The Morgan fingerprint density at radius 3 is 2.50 bits per heavy atom. The predicted octanol–water partition coefficient (Wildman–Crippen LogP) is 0.549. The third-order valence-electron chi connectivity index (χ3n) is 2.74. The zero-order chi connectivity index (χ0) is 9.19. The molecule has 0 aromatic rings. The Labute approximate surface area is 74.3 Å². The Balaban J connectivity index is 2.55. The molecule has 1 aliphatic rings. The van der Waals surface area contributed by atoms with Crippen LogP contribution in [0.5, 0.6) is 0 Å². The van der Waals surface area contributed by atoms with Crippen molar-refractivity contribution in [3.8, 4) is 0 Å². The van der Waals surface area contributed by atoms with Crippen molar-refractivity contribution >= 4 is 9.84 Å². The van der Waals surface area contributed by atoms with Gasteiger partial charge >= 0.3 is 0 Å². The minimum Gasteiger partial charge on any atom is -0.330 e. The summed E-state index contributed by atoms with van der Waals surface area (Å²) in [7, 11) is -2.71. The van der Waals surface area contributed by atoms with Crippen molar-refractivity contribution in [1.29, 1.82) is 0 Å². The van der Waals surface area contributed by atoms with Crippen LogP contribution in [0.15, 0.2) is 0 Å². The molecule has 1 saturated heterocycles. The van der Waals surface area contributed by atoms with Gasteiger partial charge in [-0.15, -0.1) is 0 Å². The molecular weight excluding hydrogens is 174 g/mol. The van der Waals surface area contributed by atoms with Crippen molar-refractivity contribution in [2.75, 3.05) is 12.3 Å². The number of sulfone groups is 1. The van der Waals surface area contributed by atoms with Gasteiger partial charge in [-0.2, -0.15) is 0 Å². The molecule has 3 nitrogen and oxygen atoms in total. The van der Waals surface area contributed by atoms with Gasteiger partial charge in [0, 0.05) is 0 Å². The zero-order valence-corrected chi connectivity index (χ0v) is 8.31. The molecular formula is C8H17NO2S. The molecule has 1 heterocycles. The Morgan fingerprint density at radius 2 is 2.25 bits per heavy atom. The van der Waals surface area contributed by atoms with Crippen molar-refractivity contribution < 1.29 is 8.42 Å². The van der Waals surface area contributed by atoms with Crippen molar-refractivity contribution in [1.82, 2.24) is 0 Å². The third-order valence-corrected chi connectivity index (χ3v) is 5.08. The third kappa shape index (κ3) is 1.80. The largest absolute Gasteiger partial charge is 0.330 e. The van der Waals surface area contributed by atoms with E-state index in [0.717, 1.165) is 19.3 Å². The summed E-state index contributed by atoms with van der Waals surface area (Å²) in [5.74, 6) is 0.687. The standard InChI is InChI=1S/C8H17NO2S/c1-2-7(3-5-9)8-4-6-12(8,10)11/h7-8H,2-6,9H2,1H3. The lowest BCUT2D eigenvalue weighted by molar-refractivity contribution is 0.406. The normalized spacial score (nSPS) is 29.3. The molecule has 0 spiro atoms. The van der Waals surface area contributed by atoms with Crippen LogP contribution in [0.2, 0.25) is 0 Å². The maximum absolute atomic E-state index is 11.3. The first kappa shape index (κ1) is 9.99. The first-order valence-electron chi connectivity index (χ1n) is 4.53. The minimum atomic E-state index is -2.71. The highest BCUT2D eigenvalue weighted by molar-refractivity contribution is 7.93. The van der Waals surface area contributed by atoms with E-state index < -0.39 is 9.84 Å². The van der Waals surface area contributed by atoms with E-state index in [2.05, 4.69) is 0 Å². The van der Waals surface area contributed by atoms with Crippen LogP contribution >= 0.6 is 0 Å². The topological polar surface area (TPSA) is 60.2 Å². The van der Waals surface area contributed by atoms with Gasteiger partial charge in [-0.1, -0.05) is 13.3 Å². The summed E-state index contributed by atoms with van der Waals surface area (Å²) in [6.07, 6.45) is 2.63. The molecule has 0 radical (unpaired) electrons. The summed E-state index contributed by atoms with van der Waals surface area (Å²) >= 11 is 0. The molecule has 0 aliphatic carbocycles. The molecule has 0 aromatic heterocycles. The van der Waals surface area contributed by atoms with Gasteiger partial charge in [0.2, 0.25) is 0 Å². The summed E-state index contributed by atoms with van der Waals surface area (Å²) in [4.78, 5) is 0. The van der Waals surface area contributed by atoms with E-state index in [1.165, 1.54) is 0 Å². The van der Waals surface area contributed by atoms with Gasteiger partial charge in [-0.3, -0.25) is 0 Å². The van der Waals surface area contributed by atoms with Gasteiger partial charge in [0.05, 0.1) is 11.0 Å². The van der Waals surface area contributed by atoms with Gasteiger partial charge in [0.25, 0.3) is 0 Å². The van der Waals surface area contributed by atoms with Crippen LogP contribution in [0.4, 0.5) is 0 Å². The quantitative estimate of drug-likeness (QED) is 0.706. The van der Waals surface area contributed by atoms with E-state index in [-0.39, 0.29) is 5.25 Å². The lowest BCUT2D eigenvalue weighted by Crippen LogP contribution is -2.42. The molecule has 0 amide bonds. The smallest absolute Gasteiger partial charge is 0.153 e. The summed E-state index contributed by atoms with van der Waals surface area (Å²) in [6.45, 7) is 2.64. The van der Waals surface area contributed by atoms with Gasteiger partial charge in [0.15, 0.2) is 9.84 Å². The fourth-order valence-electron chi connectivity index (χ4n) is 1.84. The number of rotatable bonds is 4. The second-order valence-electron chi connectivity index (χ2n) is 3.44. The second kappa shape index (κ2) is 3.75. The average molecular weight is 191 g/mol. The molecule has 0 bridgehead atoms. The van der Waals surface area contributed by atoms with E-state index in [1.807, 2.05) is 6.92 Å². The minimum absolute atomic E-state index is 0.0777. The molecule has 1 rings (SSSR count). The first-order valence-corrected chi connectivity index (χ1v) is 6.25. The second-order valence-corrected chi connectivity index (χ2v) is 5.78.